The summed E-state index contributed by atoms with van der Waals surface area (Å²) in [5, 5.41) is 11.1. The number of nitrogens with zero attached hydrogens (tertiary/aromatic N) is 2. The van der Waals surface area contributed by atoms with Gasteiger partial charge in [0.25, 0.3) is 0 Å². The molecular weight excluding hydrogens is 198 g/mol. The number of nitrogens with two attached hydrogens (primary N) is 1. The van der Waals surface area contributed by atoms with Gasteiger partial charge in [0.1, 0.15) is 12.4 Å². The van der Waals surface area contributed by atoms with Gasteiger partial charge in [-0.25, -0.2) is 0 Å². The van der Waals surface area contributed by atoms with Crippen molar-refractivity contribution in [3.05, 3.63) is 0 Å². The minimum absolute atomic E-state index is 0.0838. The Hall–Kier alpha value is -1.30. The number of amides is 1. The molecule has 0 rings (SSSR count). The van der Waals surface area contributed by atoms with Crippen LogP contribution in [0.25, 0.3) is 0 Å². The zero-order valence-electron chi connectivity index (χ0n) is 9.27. The van der Waals surface area contributed by atoms with Crippen LogP contribution in [0.1, 0.15) is 19.8 Å². The maximum Gasteiger partial charge on any atom is 0.248 e. The lowest BCUT2D eigenvalue weighted by Crippen LogP contribution is -2.33. The maximum absolute atomic E-state index is 11.4. The molecule has 15 heavy (non-hydrogen) atoms. The van der Waals surface area contributed by atoms with Gasteiger partial charge in [-0.15, -0.1) is 0 Å². The number of hydrogen-bond donors (Lipinski definition) is 2. The highest BCUT2D eigenvalue weighted by molar-refractivity contribution is 5.81. The summed E-state index contributed by atoms with van der Waals surface area (Å²) in [6.07, 6.45) is 1.24. The number of carbonyl (C=O) groups is 1. The first kappa shape index (κ1) is 13.7. The first-order valence-corrected chi connectivity index (χ1v) is 4.90. The van der Waals surface area contributed by atoms with Gasteiger partial charge in [-0.1, -0.05) is 12.1 Å². The summed E-state index contributed by atoms with van der Waals surface area (Å²) in [5.74, 6) is 0.0123. The molecule has 0 saturated heterocycles. The van der Waals surface area contributed by atoms with Crippen LogP contribution in [0.4, 0.5) is 0 Å². The van der Waals surface area contributed by atoms with E-state index in [2.05, 4.69) is 5.16 Å². The van der Waals surface area contributed by atoms with E-state index < -0.39 is 0 Å². The topological polar surface area (TPSA) is 88.2 Å². The number of rotatable bonds is 7. The van der Waals surface area contributed by atoms with E-state index in [9.17, 15) is 4.79 Å². The highest BCUT2D eigenvalue weighted by atomic mass is 16.5. The monoisotopic (exact) mass is 217 g/mol. The van der Waals surface area contributed by atoms with Crippen LogP contribution >= 0.6 is 0 Å². The molecule has 88 valence electrons. The van der Waals surface area contributed by atoms with Crippen molar-refractivity contribution in [1.29, 1.82) is 0 Å². The van der Waals surface area contributed by atoms with Gasteiger partial charge in [-0.05, 0) is 6.42 Å². The third-order valence-electron chi connectivity index (χ3n) is 1.83. The number of hydrogen-bond acceptors (Lipinski definition) is 4. The Labute approximate surface area is 89.7 Å². The smallest absolute Gasteiger partial charge is 0.248 e. The van der Waals surface area contributed by atoms with Crippen molar-refractivity contribution >= 4 is 11.7 Å². The highest BCUT2D eigenvalue weighted by Crippen LogP contribution is 1.91. The fourth-order valence-electron chi connectivity index (χ4n) is 0.871. The number of likely N-dealkylation sites (N-methyl/N-ethyl adjacent to an activating group) is 1. The van der Waals surface area contributed by atoms with E-state index >= 15 is 0 Å². The molecule has 1 amide bonds. The second-order valence-electron chi connectivity index (χ2n) is 3.21. The lowest BCUT2D eigenvalue weighted by molar-refractivity contribution is -0.134. The highest BCUT2D eigenvalue weighted by Gasteiger charge is 2.08. The Balaban J connectivity index is 3.69. The summed E-state index contributed by atoms with van der Waals surface area (Å²) >= 11 is 0. The molecule has 0 atom stereocenters. The van der Waals surface area contributed by atoms with Crippen molar-refractivity contribution in [3.8, 4) is 0 Å². The van der Waals surface area contributed by atoms with Gasteiger partial charge in [0.15, 0.2) is 0 Å². The fourth-order valence-corrected chi connectivity index (χ4v) is 0.871. The van der Waals surface area contributed by atoms with Gasteiger partial charge in [-0.3, -0.25) is 4.79 Å². The SMILES string of the molecule is CCCOCC(=O)N(C)CCC(N)=NO. The molecule has 0 spiro atoms. The van der Waals surface area contributed by atoms with E-state index in [0.717, 1.165) is 6.42 Å². The van der Waals surface area contributed by atoms with Gasteiger partial charge in [-0.2, -0.15) is 0 Å². The average molecular weight is 217 g/mol. The average Bonchev–Trinajstić information content (AvgIpc) is 2.25. The fraction of sp³-hybridized carbons (Fsp3) is 0.778. The molecule has 0 aromatic rings. The van der Waals surface area contributed by atoms with Crippen LogP contribution in [0, 0.1) is 0 Å². The molecule has 0 aromatic heterocycles. The van der Waals surface area contributed by atoms with Crippen molar-refractivity contribution in [2.45, 2.75) is 19.8 Å². The number of carbonyl (C=O) groups excluding carboxylic acids is 1. The lowest BCUT2D eigenvalue weighted by Gasteiger charge is -2.16. The quantitative estimate of drug-likeness (QED) is 0.207. The maximum atomic E-state index is 11.4. The normalized spacial score (nSPS) is 11.5. The molecule has 0 saturated carbocycles. The largest absolute Gasteiger partial charge is 0.409 e. The minimum atomic E-state index is -0.103. The molecule has 0 radical (unpaired) electrons. The summed E-state index contributed by atoms with van der Waals surface area (Å²) < 4.78 is 5.10. The van der Waals surface area contributed by atoms with Crippen LogP contribution in [0.5, 0.6) is 0 Å². The summed E-state index contributed by atoms with van der Waals surface area (Å²) in [4.78, 5) is 12.9. The Kier molecular flexibility index (Phi) is 7.35. The molecule has 0 unspecified atom stereocenters. The minimum Gasteiger partial charge on any atom is -0.409 e. The van der Waals surface area contributed by atoms with Crippen molar-refractivity contribution in [3.63, 3.8) is 0 Å². The molecule has 0 fully saturated rings. The van der Waals surface area contributed by atoms with E-state index in [1.54, 1.807) is 7.05 Å². The second kappa shape index (κ2) is 8.05. The Bertz CT molecular complexity index is 219. The lowest BCUT2D eigenvalue weighted by atomic mass is 10.3. The van der Waals surface area contributed by atoms with Crippen LogP contribution in [0.2, 0.25) is 0 Å². The van der Waals surface area contributed by atoms with Crippen molar-refractivity contribution in [2.24, 2.45) is 10.9 Å². The van der Waals surface area contributed by atoms with Crippen LogP contribution in [-0.4, -0.2) is 48.7 Å². The van der Waals surface area contributed by atoms with Crippen LogP contribution < -0.4 is 5.73 Å². The summed E-state index contributed by atoms with van der Waals surface area (Å²) in [7, 11) is 1.66. The van der Waals surface area contributed by atoms with Crippen molar-refractivity contribution in [1.82, 2.24) is 4.90 Å². The van der Waals surface area contributed by atoms with E-state index in [1.807, 2.05) is 6.92 Å². The summed E-state index contributed by atoms with van der Waals surface area (Å²) in [6, 6.07) is 0. The first-order valence-electron chi connectivity index (χ1n) is 4.90. The molecule has 0 aliphatic rings. The predicted molar refractivity (Wildman–Crippen MR) is 56.8 cm³/mol. The summed E-state index contributed by atoms with van der Waals surface area (Å²) in [6.45, 7) is 3.07. The Morgan fingerprint density at radius 3 is 2.80 bits per heavy atom. The van der Waals surface area contributed by atoms with Crippen LogP contribution in [0.15, 0.2) is 5.16 Å². The van der Waals surface area contributed by atoms with Gasteiger partial charge < -0.3 is 20.6 Å². The third kappa shape index (κ3) is 6.73. The second-order valence-corrected chi connectivity index (χ2v) is 3.21. The Morgan fingerprint density at radius 2 is 2.27 bits per heavy atom. The number of ether oxygens (including phenoxy) is 1. The molecule has 6 nitrogen and oxygen atoms in total. The van der Waals surface area contributed by atoms with Crippen molar-refractivity contribution in [2.75, 3.05) is 26.8 Å². The van der Waals surface area contributed by atoms with Crippen LogP contribution in [0.3, 0.4) is 0 Å². The van der Waals surface area contributed by atoms with E-state index in [1.165, 1.54) is 4.90 Å². The van der Waals surface area contributed by atoms with Crippen molar-refractivity contribution < 1.29 is 14.7 Å². The van der Waals surface area contributed by atoms with Gasteiger partial charge >= 0.3 is 0 Å². The first-order chi connectivity index (χ1) is 7.11. The molecule has 0 aromatic carbocycles. The zero-order chi connectivity index (χ0) is 11.7. The van der Waals surface area contributed by atoms with E-state index in [0.29, 0.717) is 19.6 Å². The number of amidine groups is 1. The molecule has 6 heteroatoms. The molecular formula is C9H19N3O3. The van der Waals surface area contributed by atoms with Gasteiger partial charge in [0, 0.05) is 26.6 Å². The molecule has 0 aliphatic carbocycles. The molecule has 0 heterocycles. The molecule has 0 aliphatic heterocycles. The van der Waals surface area contributed by atoms with Crippen LogP contribution in [-0.2, 0) is 9.53 Å². The molecule has 3 N–H and O–H groups in total. The third-order valence-corrected chi connectivity index (χ3v) is 1.83. The number of oxime groups is 1. The van der Waals surface area contributed by atoms with Gasteiger partial charge in [0.2, 0.25) is 5.91 Å². The molecule has 0 bridgehead atoms. The zero-order valence-corrected chi connectivity index (χ0v) is 9.27. The summed E-state index contributed by atoms with van der Waals surface area (Å²) in [5.41, 5.74) is 5.27. The Morgan fingerprint density at radius 1 is 1.60 bits per heavy atom. The predicted octanol–water partition coefficient (Wildman–Crippen LogP) is 0.00790. The van der Waals surface area contributed by atoms with Gasteiger partial charge in [0.05, 0.1) is 0 Å². The van der Waals surface area contributed by atoms with E-state index in [4.69, 9.17) is 15.7 Å². The van der Waals surface area contributed by atoms with E-state index in [-0.39, 0.29) is 18.3 Å². The standard InChI is InChI=1S/C9H19N3O3/c1-3-6-15-7-9(13)12(2)5-4-8(10)11-14/h14H,3-7H2,1-2H3,(H2,10,11).